The lowest BCUT2D eigenvalue weighted by atomic mass is 9.74. The molecule has 2 aliphatic rings. The first-order valence-corrected chi connectivity index (χ1v) is 10.2. The lowest BCUT2D eigenvalue weighted by Gasteiger charge is -2.38. The number of hydrogen-bond acceptors (Lipinski definition) is 1. The van der Waals surface area contributed by atoms with Gasteiger partial charge in [0.1, 0.15) is 17.5 Å². The van der Waals surface area contributed by atoms with Crippen molar-refractivity contribution >= 4 is 23.2 Å². The highest BCUT2D eigenvalue weighted by molar-refractivity contribution is 6.42. The molecule has 2 heterocycles. The number of benzene rings is 2. The third-order valence-corrected chi connectivity index (χ3v) is 6.51. The van der Waals surface area contributed by atoms with Crippen molar-refractivity contribution < 1.29 is 8.78 Å². The van der Waals surface area contributed by atoms with E-state index in [0.717, 1.165) is 22.4 Å². The smallest absolute Gasteiger partial charge is 0.140 e. The summed E-state index contributed by atoms with van der Waals surface area (Å²) >= 11 is 12.4. The number of allylic oxidation sites excluding steroid dienone is 6. The molecule has 1 aliphatic heterocycles. The van der Waals surface area contributed by atoms with Crippen LogP contribution in [0.2, 0.25) is 10.0 Å². The van der Waals surface area contributed by atoms with Gasteiger partial charge in [-0.3, -0.25) is 0 Å². The van der Waals surface area contributed by atoms with Crippen LogP contribution in [0.15, 0.2) is 84.4 Å². The molecule has 0 amide bonds. The minimum Gasteiger partial charge on any atom is -0.316 e. The van der Waals surface area contributed by atoms with Crippen LogP contribution in [-0.2, 0) is 5.41 Å². The molecule has 0 bridgehead atoms. The van der Waals surface area contributed by atoms with Crippen molar-refractivity contribution in [3.05, 3.63) is 111 Å². The number of hydrogen-bond donors (Lipinski definition) is 0. The zero-order valence-electron chi connectivity index (χ0n) is 15.9. The Hall–Kier alpha value is -2.69. The molecule has 30 heavy (non-hydrogen) atoms. The van der Waals surface area contributed by atoms with Gasteiger partial charge in [0.25, 0.3) is 0 Å². The Labute approximate surface area is 182 Å². The molecule has 3 aromatic rings. The van der Waals surface area contributed by atoms with Gasteiger partial charge in [-0.25, -0.2) is 13.8 Å². The summed E-state index contributed by atoms with van der Waals surface area (Å²) in [5, 5.41) is 0.920. The molecule has 0 N–H and O–H groups in total. The average molecular weight is 441 g/mol. The quantitative estimate of drug-likeness (QED) is 0.411. The summed E-state index contributed by atoms with van der Waals surface area (Å²) in [5.41, 5.74) is 2.82. The van der Waals surface area contributed by atoms with E-state index in [2.05, 4.69) is 9.55 Å². The van der Waals surface area contributed by atoms with Crippen molar-refractivity contribution in [2.45, 2.75) is 18.4 Å². The fourth-order valence-corrected chi connectivity index (χ4v) is 4.54. The van der Waals surface area contributed by atoms with Crippen LogP contribution < -0.4 is 0 Å². The maximum absolute atomic E-state index is 14.1. The molecule has 1 aliphatic carbocycles. The van der Waals surface area contributed by atoms with E-state index in [1.807, 2.05) is 37.4 Å². The summed E-state index contributed by atoms with van der Waals surface area (Å²) in [6, 6.07) is 11.5. The van der Waals surface area contributed by atoms with Crippen molar-refractivity contribution in [3.8, 4) is 11.4 Å². The first-order chi connectivity index (χ1) is 14.4. The van der Waals surface area contributed by atoms with Crippen molar-refractivity contribution in [3.63, 3.8) is 0 Å². The molecule has 0 spiro atoms. The lowest BCUT2D eigenvalue weighted by molar-refractivity contribution is 0.541. The number of aromatic nitrogens is 2. The molecule has 1 aromatic heterocycles. The molecule has 0 saturated heterocycles. The predicted molar refractivity (Wildman–Crippen MR) is 116 cm³/mol. The number of fused-ring (bicyclic) bond motifs is 3. The topological polar surface area (TPSA) is 17.8 Å². The van der Waals surface area contributed by atoms with Gasteiger partial charge in [0, 0.05) is 5.56 Å². The Morgan fingerprint density at radius 3 is 2.53 bits per heavy atom. The first kappa shape index (κ1) is 19.3. The molecule has 0 saturated carbocycles. The molecule has 5 rings (SSSR count). The van der Waals surface area contributed by atoms with Gasteiger partial charge in [-0.2, -0.15) is 0 Å². The van der Waals surface area contributed by atoms with E-state index in [4.69, 9.17) is 23.2 Å². The zero-order chi connectivity index (χ0) is 21.0. The first-order valence-electron chi connectivity index (χ1n) is 9.44. The van der Waals surface area contributed by atoms with Gasteiger partial charge in [0.15, 0.2) is 0 Å². The SMILES string of the molecule is CC1(c2ccc(Cl)c(Cl)c2)C=C2C=C(F)C=CC2n2c1cnc2-c1ccc(F)cc1. The number of rotatable bonds is 2. The van der Waals surface area contributed by atoms with E-state index in [0.29, 0.717) is 15.9 Å². The highest BCUT2D eigenvalue weighted by Gasteiger charge is 2.39. The van der Waals surface area contributed by atoms with Gasteiger partial charge < -0.3 is 4.57 Å². The minimum absolute atomic E-state index is 0.210. The highest BCUT2D eigenvalue weighted by atomic mass is 35.5. The third-order valence-electron chi connectivity index (χ3n) is 5.77. The van der Waals surface area contributed by atoms with E-state index in [1.165, 1.54) is 24.3 Å². The summed E-state index contributed by atoms with van der Waals surface area (Å²) in [7, 11) is 0. The molecule has 0 radical (unpaired) electrons. The van der Waals surface area contributed by atoms with E-state index in [1.54, 1.807) is 18.2 Å². The summed E-state index contributed by atoms with van der Waals surface area (Å²) in [5.74, 6) is 0.0705. The van der Waals surface area contributed by atoms with Gasteiger partial charge in [0.2, 0.25) is 0 Å². The Bertz CT molecular complexity index is 1250. The predicted octanol–water partition coefficient (Wildman–Crippen LogP) is 7.21. The standard InChI is InChI=1S/C24H16Cl2F2N2/c1-24(16-4-8-19(25)20(26)11-16)12-15-10-18(28)7-9-21(15)30-22(24)13-29-23(30)14-2-5-17(27)6-3-14/h2-13,21H,1H3. The Kier molecular flexibility index (Phi) is 4.46. The maximum Gasteiger partial charge on any atom is 0.140 e. The number of halogens is 4. The van der Waals surface area contributed by atoms with Gasteiger partial charge >= 0.3 is 0 Å². The highest BCUT2D eigenvalue weighted by Crippen LogP contribution is 2.47. The summed E-state index contributed by atoms with van der Waals surface area (Å²) < 4.78 is 29.7. The average Bonchev–Trinajstić information content (AvgIpc) is 3.17. The Morgan fingerprint density at radius 1 is 1.03 bits per heavy atom. The normalized spacial score (nSPS) is 22.2. The van der Waals surface area contributed by atoms with Crippen LogP contribution in [0, 0.1) is 5.82 Å². The summed E-state index contributed by atoms with van der Waals surface area (Å²) in [4.78, 5) is 4.67. The van der Waals surface area contributed by atoms with Crippen molar-refractivity contribution in [2.24, 2.45) is 0 Å². The maximum atomic E-state index is 14.1. The second-order valence-electron chi connectivity index (χ2n) is 7.65. The summed E-state index contributed by atoms with van der Waals surface area (Å²) in [6.45, 7) is 2.04. The molecule has 6 heteroatoms. The Balaban J connectivity index is 1.77. The van der Waals surface area contributed by atoms with Crippen LogP contribution >= 0.6 is 23.2 Å². The second-order valence-corrected chi connectivity index (χ2v) is 8.47. The van der Waals surface area contributed by atoms with E-state index >= 15 is 0 Å². The van der Waals surface area contributed by atoms with Crippen molar-refractivity contribution in [2.75, 3.05) is 0 Å². The fourth-order valence-electron chi connectivity index (χ4n) is 4.25. The second kappa shape index (κ2) is 6.93. The largest absolute Gasteiger partial charge is 0.316 e. The molecule has 2 unspecified atom stereocenters. The molecule has 0 fully saturated rings. The molecule has 2 aromatic carbocycles. The number of imidazole rings is 1. The van der Waals surface area contributed by atoms with Crippen molar-refractivity contribution in [1.82, 2.24) is 9.55 Å². The van der Waals surface area contributed by atoms with E-state index in [-0.39, 0.29) is 17.7 Å². The molecular formula is C24H16Cl2F2N2. The van der Waals surface area contributed by atoms with Gasteiger partial charge in [0.05, 0.1) is 33.4 Å². The minimum atomic E-state index is -0.618. The molecular weight excluding hydrogens is 425 g/mol. The van der Waals surface area contributed by atoms with Crippen molar-refractivity contribution in [1.29, 1.82) is 0 Å². The summed E-state index contributed by atoms with van der Waals surface area (Å²) in [6.07, 6.45) is 8.68. The number of nitrogens with zero attached hydrogens (tertiary/aromatic N) is 2. The van der Waals surface area contributed by atoms with E-state index < -0.39 is 5.41 Å². The van der Waals surface area contributed by atoms with Crippen LogP contribution in [0.3, 0.4) is 0 Å². The Morgan fingerprint density at radius 2 is 1.80 bits per heavy atom. The van der Waals surface area contributed by atoms with Gasteiger partial charge in [-0.15, -0.1) is 0 Å². The molecule has 2 atom stereocenters. The van der Waals surface area contributed by atoms with Gasteiger partial charge in [-0.05, 0) is 66.6 Å². The van der Waals surface area contributed by atoms with Crippen LogP contribution in [0.5, 0.6) is 0 Å². The van der Waals surface area contributed by atoms with Crippen LogP contribution in [-0.4, -0.2) is 9.55 Å². The molecule has 150 valence electrons. The third kappa shape index (κ3) is 2.94. The lowest BCUT2D eigenvalue weighted by Crippen LogP contribution is -2.32. The fraction of sp³-hybridized carbons (Fsp3) is 0.125. The van der Waals surface area contributed by atoms with Crippen LogP contribution in [0.1, 0.15) is 24.2 Å². The molecule has 2 nitrogen and oxygen atoms in total. The van der Waals surface area contributed by atoms with Crippen LogP contribution in [0.25, 0.3) is 11.4 Å². The zero-order valence-corrected chi connectivity index (χ0v) is 17.4. The van der Waals surface area contributed by atoms with E-state index in [9.17, 15) is 8.78 Å². The monoisotopic (exact) mass is 440 g/mol. The van der Waals surface area contributed by atoms with Gasteiger partial charge in [-0.1, -0.05) is 41.4 Å². The van der Waals surface area contributed by atoms with Crippen LogP contribution in [0.4, 0.5) is 8.78 Å².